The predicted octanol–water partition coefficient (Wildman–Crippen LogP) is 2.62. The van der Waals surface area contributed by atoms with E-state index in [1.165, 1.54) is 4.68 Å². The van der Waals surface area contributed by atoms with Crippen LogP contribution in [0.15, 0.2) is 39.6 Å². The Morgan fingerprint density at radius 3 is 2.87 bits per heavy atom. The van der Waals surface area contributed by atoms with Gasteiger partial charge in [0.15, 0.2) is 0 Å². The molecule has 1 aromatic carbocycles. The van der Waals surface area contributed by atoms with Crippen LogP contribution in [0.1, 0.15) is 40.4 Å². The Labute approximate surface area is 142 Å². The van der Waals surface area contributed by atoms with Gasteiger partial charge in [-0.25, -0.2) is 4.68 Å². The lowest BCUT2D eigenvalue weighted by atomic mass is 10.1. The Kier molecular flexibility index (Phi) is 4.61. The first kappa shape index (κ1) is 15.9. The van der Waals surface area contributed by atoms with Gasteiger partial charge in [-0.05, 0) is 43.5 Å². The molecule has 1 aliphatic carbocycles. The summed E-state index contributed by atoms with van der Waals surface area (Å²) in [6.07, 6.45) is 2.29. The van der Waals surface area contributed by atoms with Gasteiger partial charge in [0.25, 0.3) is 11.5 Å². The number of amides is 1. The number of carbonyl (C=O) groups excluding carboxylic acids is 1. The highest BCUT2D eigenvalue weighted by Gasteiger charge is 2.25. The van der Waals surface area contributed by atoms with E-state index in [0.717, 1.165) is 28.6 Å². The van der Waals surface area contributed by atoms with Gasteiger partial charge in [0.1, 0.15) is 0 Å². The molecule has 0 atom stereocenters. The van der Waals surface area contributed by atoms with E-state index in [4.69, 9.17) is 0 Å². The summed E-state index contributed by atoms with van der Waals surface area (Å²) in [5, 5.41) is 7.23. The Bertz CT molecular complexity index is 797. The van der Waals surface area contributed by atoms with Gasteiger partial charge in [0.05, 0.1) is 12.2 Å². The lowest BCUT2D eigenvalue weighted by Gasteiger charge is -2.10. The number of nitrogens with zero attached hydrogens (tertiary/aromatic N) is 2. The third-order valence-electron chi connectivity index (χ3n) is 3.94. The molecule has 0 saturated heterocycles. The average molecular weight is 376 g/mol. The summed E-state index contributed by atoms with van der Waals surface area (Å²) in [5.74, 6) is 0.357. The number of halogens is 1. The third kappa shape index (κ3) is 3.88. The minimum atomic E-state index is -0.143. The van der Waals surface area contributed by atoms with Gasteiger partial charge in [-0.3, -0.25) is 9.59 Å². The van der Waals surface area contributed by atoms with Crippen molar-refractivity contribution in [3.63, 3.8) is 0 Å². The van der Waals surface area contributed by atoms with Gasteiger partial charge in [-0.2, -0.15) is 5.10 Å². The molecule has 120 valence electrons. The molecule has 1 amide bonds. The summed E-state index contributed by atoms with van der Waals surface area (Å²) in [6, 6.07) is 8.95. The van der Waals surface area contributed by atoms with Crippen molar-refractivity contribution in [2.75, 3.05) is 6.54 Å². The Morgan fingerprint density at radius 2 is 2.13 bits per heavy atom. The first-order valence-corrected chi connectivity index (χ1v) is 8.46. The summed E-state index contributed by atoms with van der Waals surface area (Å²) in [6.45, 7) is 2.64. The monoisotopic (exact) mass is 375 g/mol. The van der Waals surface area contributed by atoms with Crippen LogP contribution in [-0.4, -0.2) is 22.2 Å². The summed E-state index contributed by atoms with van der Waals surface area (Å²) in [7, 11) is 0. The smallest absolute Gasteiger partial charge is 0.266 e. The SMILES string of the molecule is Cc1ccc(Br)cc1C(=O)NCCn1nc(C2CC2)ccc1=O. The molecule has 6 heteroatoms. The second-order valence-corrected chi connectivity index (χ2v) is 6.72. The van der Waals surface area contributed by atoms with Gasteiger partial charge < -0.3 is 5.32 Å². The molecule has 0 aliphatic heterocycles. The fraction of sp³-hybridized carbons (Fsp3) is 0.353. The van der Waals surface area contributed by atoms with E-state index in [0.29, 0.717) is 24.6 Å². The van der Waals surface area contributed by atoms with Crippen LogP contribution in [0, 0.1) is 6.92 Å². The van der Waals surface area contributed by atoms with E-state index in [-0.39, 0.29) is 11.5 Å². The topological polar surface area (TPSA) is 64.0 Å². The minimum absolute atomic E-state index is 0.137. The lowest BCUT2D eigenvalue weighted by Crippen LogP contribution is -2.32. The number of rotatable bonds is 5. The molecule has 0 bridgehead atoms. The van der Waals surface area contributed by atoms with Crippen LogP contribution in [0.25, 0.3) is 0 Å². The van der Waals surface area contributed by atoms with Crippen molar-refractivity contribution < 1.29 is 4.79 Å². The molecule has 0 spiro atoms. The second-order valence-electron chi connectivity index (χ2n) is 5.81. The molecule has 1 N–H and O–H groups in total. The van der Waals surface area contributed by atoms with Gasteiger partial charge in [-0.15, -0.1) is 0 Å². The maximum Gasteiger partial charge on any atom is 0.266 e. The normalized spacial score (nSPS) is 13.8. The second kappa shape index (κ2) is 6.66. The molecule has 23 heavy (non-hydrogen) atoms. The predicted molar refractivity (Wildman–Crippen MR) is 91.7 cm³/mol. The average Bonchev–Trinajstić information content (AvgIpc) is 3.36. The zero-order chi connectivity index (χ0) is 16.4. The maximum absolute atomic E-state index is 12.2. The number of hydrogen-bond donors (Lipinski definition) is 1. The number of hydrogen-bond acceptors (Lipinski definition) is 3. The first-order chi connectivity index (χ1) is 11.0. The zero-order valence-corrected chi connectivity index (χ0v) is 14.5. The Hall–Kier alpha value is -1.95. The quantitative estimate of drug-likeness (QED) is 0.873. The lowest BCUT2D eigenvalue weighted by molar-refractivity contribution is 0.0951. The zero-order valence-electron chi connectivity index (χ0n) is 12.9. The molecule has 1 saturated carbocycles. The third-order valence-corrected chi connectivity index (χ3v) is 4.43. The van der Waals surface area contributed by atoms with Crippen LogP contribution in [0.3, 0.4) is 0 Å². The van der Waals surface area contributed by atoms with Crippen LogP contribution < -0.4 is 10.9 Å². The maximum atomic E-state index is 12.2. The Morgan fingerprint density at radius 1 is 1.35 bits per heavy atom. The van der Waals surface area contributed by atoms with E-state index in [9.17, 15) is 9.59 Å². The molecule has 1 aromatic heterocycles. The Balaban J connectivity index is 1.63. The molecule has 0 unspecified atom stereocenters. The number of aryl methyl sites for hydroxylation is 1. The largest absolute Gasteiger partial charge is 0.350 e. The molecule has 3 rings (SSSR count). The molecular formula is C17H18BrN3O2. The molecule has 5 nitrogen and oxygen atoms in total. The van der Waals surface area contributed by atoms with E-state index in [2.05, 4.69) is 26.3 Å². The van der Waals surface area contributed by atoms with Crippen molar-refractivity contribution >= 4 is 21.8 Å². The van der Waals surface area contributed by atoms with Gasteiger partial charge in [0.2, 0.25) is 0 Å². The van der Waals surface area contributed by atoms with Gasteiger partial charge in [0, 0.05) is 28.6 Å². The molecule has 0 radical (unpaired) electrons. The van der Waals surface area contributed by atoms with E-state index in [1.807, 2.05) is 19.1 Å². The number of carbonyl (C=O) groups is 1. The van der Waals surface area contributed by atoms with Crippen molar-refractivity contribution in [1.29, 1.82) is 0 Å². The van der Waals surface area contributed by atoms with Crippen molar-refractivity contribution in [3.05, 3.63) is 62.0 Å². The van der Waals surface area contributed by atoms with Crippen molar-refractivity contribution in [1.82, 2.24) is 15.1 Å². The minimum Gasteiger partial charge on any atom is -0.350 e. The van der Waals surface area contributed by atoms with Gasteiger partial charge in [-0.1, -0.05) is 22.0 Å². The summed E-state index contributed by atoms with van der Waals surface area (Å²) in [5.41, 5.74) is 2.38. The van der Waals surface area contributed by atoms with E-state index < -0.39 is 0 Å². The van der Waals surface area contributed by atoms with Gasteiger partial charge >= 0.3 is 0 Å². The van der Waals surface area contributed by atoms with Crippen molar-refractivity contribution in [3.8, 4) is 0 Å². The number of benzene rings is 1. The molecule has 2 aromatic rings. The van der Waals surface area contributed by atoms with Crippen LogP contribution >= 0.6 is 15.9 Å². The molecular weight excluding hydrogens is 358 g/mol. The molecule has 1 aliphatic rings. The summed E-state index contributed by atoms with van der Waals surface area (Å²) in [4.78, 5) is 24.1. The summed E-state index contributed by atoms with van der Waals surface area (Å²) >= 11 is 3.37. The van der Waals surface area contributed by atoms with Crippen LogP contribution in [0.2, 0.25) is 0 Å². The van der Waals surface area contributed by atoms with E-state index in [1.54, 1.807) is 18.2 Å². The fourth-order valence-corrected chi connectivity index (χ4v) is 2.79. The molecule has 1 heterocycles. The first-order valence-electron chi connectivity index (χ1n) is 7.67. The number of aromatic nitrogens is 2. The van der Waals surface area contributed by atoms with E-state index >= 15 is 0 Å². The van der Waals surface area contributed by atoms with Crippen molar-refractivity contribution in [2.45, 2.75) is 32.2 Å². The highest BCUT2D eigenvalue weighted by molar-refractivity contribution is 9.10. The highest BCUT2D eigenvalue weighted by Crippen LogP contribution is 2.38. The van der Waals surface area contributed by atoms with Crippen molar-refractivity contribution in [2.24, 2.45) is 0 Å². The summed E-state index contributed by atoms with van der Waals surface area (Å²) < 4.78 is 2.30. The standard InChI is InChI=1S/C17H18BrN3O2/c1-11-2-5-13(18)10-14(11)17(23)19-8-9-21-16(22)7-6-15(20-21)12-3-4-12/h2,5-7,10,12H,3-4,8-9H2,1H3,(H,19,23). The molecule has 1 fully saturated rings. The highest BCUT2D eigenvalue weighted by atomic mass is 79.9. The van der Waals surface area contributed by atoms with Crippen LogP contribution in [0.4, 0.5) is 0 Å². The van der Waals surface area contributed by atoms with Crippen LogP contribution in [-0.2, 0) is 6.54 Å². The van der Waals surface area contributed by atoms with Crippen LogP contribution in [0.5, 0.6) is 0 Å². The fourth-order valence-electron chi connectivity index (χ4n) is 2.43. The number of nitrogens with one attached hydrogen (secondary N) is 1.